The third-order valence-corrected chi connectivity index (χ3v) is 4.35. The van der Waals surface area contributed by atoms with E-state index in [1.807, 2.05) is 0 Å². The summed E-state index contributed by atoms with van der Waals surface area (Å²) in [5.74, 6) is -0.198. The van der Waals surface area contributed by atoms with Crippen molar-refractivity contribution >= 4 is 33.2 Å². The molecule has 0 spiro atoms. The van der Waals surface area contributed by atoms with Crippen LogP contribution in [-0.2, 0) is 19.6 Å². The molecule has 20 heavy (non-hydrogen) atoms. The van der Waals surface area contributed by atoms with E-state index in [2.05, 4.69) is 5.32 Å². The predicted molar refractivity (Wildman–Crippen MR) is 75.0 cm³/mol. The Balaban J connectivity index is 2.03. The molecule has 1 aliphatic rings. The highest BCUT2D eigenvalue weighted by Gasteiger charge is 2.19. The van der Waals surface area contributed by atoms with Gasteiger partial charge in [0.15, 0.2) is 0 Å². The molecule has 1 aromatic carbocycles. The van der Waals surface area contributed by atoms with Crippen LogP contribution in [0.4, 0.5) is 5.69 Å². The number of sulfonamides is 1. The molecular weight excluding hydrogens is 304 g/mol. The molecule has 1 amide bonds. The number of benzene rings is 1. The molecule has 1 atom stereocenters. The first-order valence-corrected chi connectivity index (χ1v) is 8.02. The molecule has 3 N–H and O–H groups in total. The Labute approximate surface area is 122 Å². The number of halogens is 1. The minimum atomic E-state index is -3.86. The van der Waals surface area contributed by atoms with Crippen molar-refractivity contribution in [3.8, 4) is 0 Å². The molecule has 1 unspecified atom stereocenters. The van der Waals surface area contributed by atoms with Crippen molar-refractivity contribution in [3.63, 3.8) is 0 Å². The van der Waals surface area contributed by atoms with Crippen LogP contribution in [0.1, 0.15) is 19.3 Å². The van der Waals surface area contributed by atoms with Gasteiger partial charge in [-0.15, -0.1) is 0 Å². The third kappa shape index (κ3) is 3.92. The van der Waals surface area contributed by atoms with Crippen molar-refractivity contribution < 1.29 is 17.9 Å². The Morgan fingerprint density at radius 1 is 1.50 bits per heavy atom. The van der Waals surface area contributed by atoms with Gasteiger partial charge < -0.3 is 10.1 Å². The molecule has 8 heteroatoms. The highest BCUT2D eigenvalue weighted by molar-refractivity contribution is 7.89. The number of rotatable bonds is 4. The molecule has 110 valence electrons. The minimum Gasteiger partial charge on any atom is -0.378 e. The van der Waals surface area contributed by atoms with E-state index in [4.69, 9.17) is 21.5 Å². The molecule has 0 saturated carbocycles. The summed E-state index contributed by atoms with van der Waals surface area (Å²) in [6.45, 7) is 0.687. The number of primary sulfonamides is 1. The van der Waals surface area contributed by atoms with Crippen molar-refractivity contribution in [1.82, 2.24) is 0 Å². The third-order valence-electron chi connectivity index (χ3n) is 2.96. The van der Waals surface area contributed by atoms with Crippen LogP contribution in [0.25, 0.3) is 0 Å². The molecule has 2 rings (SSSR count). The fraction of sp³-hybridized carbons (Fsp3) is 0.417. The molecule has 0 bridgehead atoms. The van der Waals surface area contributed by atoms with Crippen molar-refractivity contribution in [2.75, 3.05) is 11.9 Å². The summed E-state index contributed by atoms with van der Waals surface area (Å²) in [5.41, 5.74) is 0.422. The topological polar surface area (TPSA) is 98.5 Å². The van der Waals surface area contributed by atoms with Crippen LogP contribution >= 0.6 is 11.6 Å². The fourth-order valence-corrected chi connectivity index (χ4v) is 3.13. The van der Waals surface area contributed by atoms with Gasteiger partial charge in [0.25, 0.3) is 0 Å². The van der Waals surface area contributed by atoms with Crippen molar-refractivity contribution in [1.29, 1.82) is 0 Å². The van der Waals surface area contributed by atoms with Crippen LogP contribution < -0.4 is 10.5 Å². The Bertz CT molecular complexity index is 612. The summed E-state index contributed by atoms with van der Waals surface area (Å²) >= 11 is 5.83. The van der Waals surface area contributed by atoms with Gasteiger partial charge in [-0.25, -0.2) is 13.6 Å². The second-order valence-corrected chi connectivity index (χ2v) is 6.51. The number of carbonyl (C=O) groups is 1. The monoisotopic (exact) mass is 318 g/mol. The average Bonchev–Trinajstić information content (AvgIpc) is 2.79. The second kappa shape index (κ2) is 6.09. The van der Waals surface area contributed by atoms with E-state index in [0.717, 1.165) is 12.8 Å². The quantitative estimate of drug-likeness (QED) is 0.878. The first-order chi connectivity index (χ1) is 9.36. The second-order valence-electron chi connectivity index (χ2n) is 4.58. The van der Waals surface area contributed by atoms with Gasteiger partial charge in [-0.3, -0.25) is 4.79 Å². The Kier molecular flexibility index (Phi) is 4.64. The average molecular weight is 319 g/mol. The zero-order valence-corrected chi connectivity index (χ0v) is 12.2. The van der Waals surface area contributed by atoms with Crippen molar-refractivity contribution in [2.45, 2.75) is 30.3 Å². The fourth-order valence-electron chi connectivity index (χ4n) is 2.03. The highest BCUT2D eigenvalue weighted by Crippen LogP contribution is 2.24. The molecule has 1 fully saturated rings. The van der Waals surface area contributed by atoms with Gasteiger partial charge in [-0.1, -0.05) is 11.6 Å². The Morgan fingerprint density at radius 3 is 2.80 bits per heavy atom. The molecule has 1 aromatic rings. The lowest BCUT2D eigenvalue weighted by atomic mass is 10.2. The van der Waals surface area contributed by atoms with Gasteiger partial charge in [0.05, 0.1) is 17.5 Å². The first kappa shape index (κ1) is 15.2. The Hall–Kier alpha value is -1.15. The Morgan fingerprint density at radius 2 is 2.25 bits per heavy atom. The SMILES string of the molecule is NS(=O)(=O)c1ccc(NC(=O)CC2CCCO2)cc1Cl. The standard InChI is InChI=1S/C12H15ClN2O4S/c13-10-6-8(3-4-11(10)20(14,17)18)15-12(16)7-9-2-1-5-19-9/h3-4,6,9H,1-2,5,7H2,(H,15,16)(H2,14,17,18). The normalized spacial score (nSPS) is 19.0. The van der Waals surface area contributed by atoms with E-state index in [0.29, 0.717) is 12.3 Å². The van der Waals surface area contributed by atoms with Crippen molar-refractivity contribution in [3.05, 3.63) is 23.2 Å². The van der Waals surface area contributed by atoms with Gasteiger partial charge in [-0.05, 0) is 31.0 Å². The number of ether oxygens (including phenoxy) is 1. The van der Waals surface area contributed by atoms with E-state index >= 15 is 0 Å². The van der Waals surface area contributed by atoms with Crippen LogP contribution in [0.5, 0.6) is 0 Å². The molecular formula is C12H15ClN2O4S. The maximum Gasteiger partial charge on any atom is 0.239 e. The highest BCUT2D eigenvalue weighted by atomic mass is 35.5. The van der Waals surface area contributed by atoms with E-state index in [-0.39, 0.29) is 28.4 Å². The molecule has 0 aromatic heterocycles. The number of nitrogens with one attached hydrogen (secondary N) is 1. The van der Waals surface area contributed by atoms with Crippen molar-refractivity contribution in [2.24, 2.45) is 5.14 Å². The maximum absolute atomic E-state index is 11.8. The van der Waals surface area contributed by atoms with Gasteiger partial charge in [0.1, 0.15) is 4.90 Å². The summed E-state index contributed by atoms with van der Waals surface area (Å²) < 4.78 is 27.8. The smallest absolute Gasteiger partial charge is 0.239 e. The number of hydrogen-bond donors (Lipinski definition) is 2. The van der Waals surface area contributed by atoms with E-state index < -0.39 is 10.0 Å². The van der Waals surface area contributed by atoms with Crippen LogP contribution in [-0.4, -0.2) is 27.0 Å². The van der Waals surface area contributed by atoms with E-state index in [1.165, 1.54) is 18.2 Å². The number of hydrogen-bond acceptors (Lipinski definition) is 4. The maximum atomic E-state index is 11.8. The van der Waals surface area contributed by atoms with Gasteiger partial charge in [0.2, 0.25) is 15.9 Å². The summed E-state index contributed by atoms with van der Waals surface area (Å²) in [6, 6.07) is 4.06. The van der Waals surface area contributed by atoms with Crippen LogP contribution in [0.2, 0.25) is 5.02 Å². The molecule has 0 radical (unpaired) electrons. The van der Waals surface area contributed by atoms with E-state index in [9.17, 15) is 13.2 Å². The number of anilines is 1. The summed E-state index contributed by atoms with van der Waals surface area (Å²) in [5, 5.41) is 7.63. The van der Waals surface area contributed by atoms with Gasteiger partial charge in [0, 0.05) is 12.3 Å². The molecule has 1 aliphatic heterocycles. The lowest BCUT2D eigenvalue weighted by Gasteiger charge is -2.10. The van der Waals surface area contributed by atoms with Crippen LogP contribution in [0.15, 0.2) is 23.1 Å². The van der Waals surface area contributed by atoms with Crippen LogP contribution in [0.3, 0.4) is 0 Å². The molecule has 0 aliphatic carbocycles. The van der Waals surface area contributed by atoms with E-state index in [1.54, 1.807) is 0 Å². The zero-order valence-electron chi connectivity index (χ0n) is 10.6. The number of nitrogens with two attached hydrogens (primary N) is 1. The summed E-state index contributed by atoms with van der Waals surface area (Å²) in [4.78, 5) is 11.6. The molecule has 1 saturated heterocycles. The zero-order chi connectivity index (χ0) is 14.8. The largest absolute Gasteiger partial charge is 0.378 e. The lowest BCUT2D eigenvalue weighted by molar-refractivity contribution is -0.118. The number of carbonyl (C=O) groups excluding carboxylic acids is 1. The predicted octanol–water partition coefficient (Wildman–Crippen LogP) is 1.50. The molecule has 1 heterocycles. The summed E-state index contributed by atoms with van der Waals surface area (Å²) in [7, 11) is -3.86. The first-order valence-electron chi connectivity index (χ1n) is 6.10. The van der Waals surface area contributed by atoms with Gasteiger partial charge >= 0.3 is 0 Å². The lowest BCUT2D eigenvalue weighted by Crippen LogP contribution is -2.19. The minimum absolute atomic E-state index is 0.0255. The van der Waals surface area contributed by atoms with Gasteiger partial charge in [-0.2, -0.15) is 0 Å². The molecule has 6 nitrogen and oxygen atoms in total. The summed E-state index contributed by atoms with van der Waals surface area (Å²) in [6.07, 6.45) is 2.06. The van der Waals surface area contributed by atoms with Crippen LogP contribution in [0, 0.1) is 0 Å². The number of amides is 1.